The van der Waals surface area contributed by atoms with Crippen LogP contribution in [0.4, 0.5) is 8.78 Å². The van der Waals surface area contributed by atoms with Crippen molar-refractivity contribution in [2.24, 2.45) is 0 Å². The molecule has 0 bridgehead atoms. The third-order valence-electron chi connectivity index (χ3n) is 3.12. The highest BCUT2D eigenvalue weighted by atomic mass is 35.5. The molecule has 0 atom stereocenters. The molecule has 0 aliphatic rings. The number of carbonyl (C=O) groups is 1. The largest absolute Gasteiger partial charge is 0.413 e. The van der Waals surface area contributed by atoms with Crippen LogP contribution in [-0.4, -0.2) is 11.0 Å². The van der Waals surface area contributed by atoms with Gasteiger partial charge in [0.15, 0.2) is 0 Å². The maximum atomic E-state index is 13.7. The van der Waals surface area contributed by atoms with Crippen LogP contribution in [0.15, 0.2) is 42.5 Å². The number of halogens is 3. The zero-order chi connectivity index (χ0) is 17.3. The Kier molecular flexibility index (Phi) is 4.59. The van der Waals surface area contributed by atoms with E-state index >= 15 is 0 Å². The van der Waals surface area contributed by atoms with Crippen LogP contribution in [0.1, 0.15) is 6.92 Å². The standard InChI is InChI=1S/C17H10ClF2NO2S/c1-9(22)23-17-15(11-4-7-13(18)14(20)8-11)21-16(24-17)10-2-5-12(19)6-3-10/h2-8H,1H3. The lowest BCUT2D eigenvalue weighted by atomic mass is 10.1. The molecule has 0 N–H and O–H groups in total. The molecule has 7 heteroatoms. The number of thiazole rings is 1. The predicted octanol–water partition coefficient (Wildman–Crippen LogP) is 5.33. The van der Waals surface area contributed by atoms with Gasteiger partial charge in [-0.2, -0.15) is 0 Å². The van der Waals surface area contributed by atoms with E-state index in [9.17, 15) is 13.6 Å². The highest BCUT2D eigenvalue weighted by Crippen LogP contribution is 2.40. The molecule has 0 spiro atoms. The Morgan fingerprint density at radius 2 is 1.79 bits per heavy atom. The van der Waals surface area contributed by atoms with E-state index in [0.717, 1.165) is 11.3 Å². The average molecular weight is 366 g/mol. The van der Waals surface area contributed by atoms with Gasteiger partial charge in [-0.1, -0.05) is 29.0 Å². The third kappa shape index (κ3) is 3.44. The molecule has 0 fully saturated rings. The Hall–Kier alpha value is -2.31. The molecule has 0 unspecified atom stereocenters. The summed E-state index contributed by atoms with van der Waals surface area (Å²) < 4.78 is 32.0. The van der Waals surface area contributed by atoms with Crippen LogP contribution < -0.4 is 4.74 Å². The maximum absolute atomic E-state index is 13.7. The van der Waals surface area contributed by atoms with Crippen molar-refractivity contribution in [1.82, 2.24) is 4.98 Å². The first kappa shape index (κ1) is 16.5. The van der Waals surface area contributed by atoms with Crippen molar-refractivity contribution in [2.45, 2.75) is 6.92 Å². The molecule has 0 saturated heterocycles. The van der Waals surface area contributed by atoms with E-state index in [1.165, 1.54) is 31.2 Å². The molecular weight excluding hydrogens is 356 g/mol. The number of nitrogens with zero attached hydrogens (tertiary/aromatic N) is 1. The normalized spacial score (nSPS) is 10.7. The molecule has 0 amide bonds. The number of aromatic nitrogens is 1. The van der Waals surface area contributed by atoms with Crippen LogP contribution in [-0.2, 0) is 4.79 Å². The van der Waals surface area contributed by atoms with Crippen molar-refractivity contribution in [2.75, 3.05) is 0 Å². The summed E-state index contributed by atoms with van der Waals surface area (Å²) in [5.41, 5.74) is 1.42. The van der Waals surface area contributed by atoms with Gasteiger partial charge in [0, 0.05) is 18.1 Å². The number of benzene rings is 2. The Morgan fingerprint density at radius 3 is 2.42 bits per heavy atom. The second kappa shape index (κ2) is 6.67. The van der Waals surface area contributed by atoms with Gasteiger partial charge in [-0.15, -0.1) is 0 Å². The van der Waals surface area contributed by atoms with E-state index in [1.54, 1.807) is 18.2 Å². The molecule has 0 radical (unpaired) electrons. The van der Waals surface area contributed by atoms with Gasteiger partial charge in [0.05, 0.1) is 5.02 Å². The van der Waals surface area contributed by atoms with E-state index in [0.29, 0.717) is 21.8 Å². The van der Waals surface area contributed by atoms with Crippen LogP contribution in [0, 0.1) is 11.6 Å². The van der Waals surface area contributed by atoms with E-state index < -0.39 is 11.8 Å². The highest BCUT2D eigenvalue weighted by Gasteiger charge is 2.18. The monoisotopic (exact) mass is 365 g/mol. The fraction of sp³-hybridized carbons (Fsp3) is 0.0588. The van der Waals surface area contributed by atoms with E-state index in [1.807, 2.05) is 0 Å². The molecule has 3 nitrogen and oxygen atoms in total. The molecule has 0 aliphatic heterocycles. The number of esters is 1. The van der Waals surface area contributed by atoms with Gasteiger partial charge < -0.3 is 4.74 Å². The fourth-order valence-corrected chi connectivity index (χ4v) is 3.15. The van der Waals surface area contributed by atoms with Crippen molar-refractivity contribution in [3.63, 3.8) is 0 Å². The van der Waals surface area contributed by atoms with Crippen molar-refractivity contribution in [3.05, 3.63) is 59.1 Å². The highest BCUT2D eigenvalue weighted by molar-refractivity contribution is 7.17. The van der Waals surface area contributed by atoms with Crippen LogP contribution in [0.25, 0.3) is 21.8 Å². The number of ether oxygens (including phenoxy) is 1. The first-order chi connectivity index (χ1) is 11.4. The van der Waals surface area contributed by atoms with Crippen molar-refractivity contribution in [1.29, 1.82) is 0 Å². The molecule has 1 heterocycles. The average Bonchev–Trinajstić information content (AvgIpc) is 2.94. The van der Waals surface area contributed by atoms with Gasteiger partial charge in [0.25, 0.3) is 0 Å². The second-order valence-electron chi connectivity index (χ2n) is 4.88. The first-order valence-corrected chi connectivity index (χ1v) is 8.04. The van der Waals surface area contributed by atoms with Gasteiger partial charge in [-0.05, 0) is 36.4 Å². The maximum Gasteiger partial charge on any atom is 0.308 e. The third-order valence-corrected chi connectivity index (χ3v) is 4.41. The van der Waals surface area contributed by atoms with Gasteiger partial charge >= 0.3 is 5.97 Å². The molecular formula is C17H10ClF2NO2S. The Labute approximate surface area is 145 Å². The lowest BCUT2D eigenvalue weighted by Crippen LogP contribution is -2.00. The van der Waals surface area contributed by atoms with Crippen LogP contribution in [0.2, 0.25) is 5.02 Å². The molecule has 122 valence electrons. The molecule has 1 aromatic heterocycles. The second-order valence-corrected chi connectivity index (χ2v) is 6.25. The summed E-state index contributed by atoms with van der Waals surface area (Å²) in [6.45, 7) is 1.27. The molecule has 3 aromatic rings. The lowest BCUT2D eigenvalue weighted by molar-refractivity contribution is -0.131. The Balaban J connectivity index is 2.11. The summed E-state index contributed by atoms with van der Waals surface area (Å²) in [5.74, 6) is -1.48. The summed E-state index contributed by atoms with van der Waals surface area (Å²) in [6, 6.07) is 9.96. The summed E-state index contributed by atoms with van der Waals surface area (Å²) in [6.07, 6.45) is 0. The van der Waals surface area contributed by atoms with Gasteiger partial charge in [-0.25, -0.2) is 13.8 Å². The number of hydrogen-bond acceptors (Lipinski definition) is 4. The Morgan fingerprint density at radius 1 is 1.12 bits per heavy atom. The van der Waals surface area contributed by atoms with Gasteiger partial charge in [0.2, 0.25) is 5.06 Å². The van der Waals surface area contributed by atoms with Crippen molar-refractivity contribution in [3.8, 4) is 26.9 Å². The van der Waals surface area contributed by atoms with E-state index in [-0.39, 0.29) is 15.9 Å². The number of rotatable bonds is 3. The van der Waals surface area contributed by atoms with Crippen molar-refractivity contribution < 1.29 is 18.3 Å². The summed E-state index contributed by atoms with van der Waals surface area (Å²) in [5, 5.41) is 0.752. The zero-order valence-corrected chi connectivity index (χ0v) is 13.9. The van der Waals surface area contributed by atoms with Gasteiger partial charge in [0.1, 0.15) is 22.3 Å². The number of carbonyl (C=O) groups excluding carboxylic acids is 1. The first-order valence-electron chi connectivity index (χ1n) is 6.84. The summed E-state index contributed by atoms with van der Waals surface area (Å²) in [4.78, 5) is 15.7. The van der Waals surface area contributed by atoms with Crippen molar-refractivity contribution >= 4 is 28.9 Å². The summed E-state index contributed by atoms with van der Waals surface area (Å²) >= 11 is 6.81. The molecule has 3 rings (SSSR count). The minimum atomic E-state index is -0.598. The molecule has 0 saturated carbocycles. The quantitative estimate of drug-likeness (QED) is 0.588. The fourth-order valence-electron chi connectivity index (χ4n) is 2.05. The SMILES string of the molecule is CC(=O)Oc1sc(-c2ccc(F)cc2)nc1-c1ccc(Cl)c(F)c1. The van der Waals surface area contributed by atoms with E-state index in [2.05, 4.69) is 4.98 Å². The minimum absolute atomic E-state index is 0.0122. The minimum Gasteiger partial charge on any atom is -0.413 e. The number of hydrogen-bond donors (Lipinski definition) is 0. The lowest BCUT2D eigenvalue weighted by Gasteiger charge is -2.02. The van der Waals surface area contributed by atoms with Crippen LogP contribution in [0.3, 0.4) is 0 Å². The predicted molar refractivity (Wildman–Crippen MR) is 89.2 cm³/mol. The molecule has 0 aliphatic carbocycles. The van der Waals surface area contributed by atoms with Crippen LogP contribution >= 0.6 is 22.9 Å². The van der Waals surface area contributed by atoms with E-state index in [4.69, 9.17) is 16.3 Å². The molecule has 24 heavy (non-hydrogen) atoms. The smallest absolute Gasteiger partial charge is 0.308 e. The zero-order valence-electron chi connectivity index (χ0n) is 12.3. The molecule has 2 aromatic carbocycles. The Bertz CT molecular complexity index is 909. The topological polar surface area (TPSA) is 39.2 Å². The summed E-state index contributed by atoms with van der Waals surface area (Å²) in [7, 11) is 0. The van der Waals surface area contributed by atoms with Gasteiger partial charge in [-0.3, -0.25) is 4.79 Å². The van der Waals surface area contributed by atoms with Crippen LogP contribution in [0.5, 0.6) is 5.06 Å².